The maximum absolute atomic E-state index is 11.8. The number of hydrogen-bond donors (Lipinski definition) is 2. The van der Waals surface area contributed by atoms with Gasteiger partial charge < -0.3 is 10.7 Å². The van der Waals surface area contributed by atoms with E-state index < -0.39 is 5.91 Å². The van der Waals surface area contributed by atoms with Crippen LogP contribution in [0, 0.1) is 0 Å². The molecule has 0 atom stereocenters. The highest BCUT2D eigenvalue weighted by Gasteiger charge is 2.16. The van der Waals surface area contributed by atoms with Crippen molar-refractivity contribution in [2.45, 2.75) is 13.3 Å². The normalized spacial score (nSPS) is 10.5. The molecule has 1 aromatic carbocycles. The fraction of sp³-hybridized carbons (Fsp3) is 0.105. The molecule has 0 bridgehead atoms. The molecule has 0 saturated carbocycles. The molecule has 120 valence electrons. The number of aromatic amines is 1. The average Bonchev–Trinajstić information content (AvgIpc) is 3.01. The van der Waals surface area contributed by atoms with Crippen LogP contribution in [0.1, 0.15) is 22.8 Å². The molecule has 2 heterocycles. The molecule has 0 unspecified atom stereocenters. The lowest BCUT2D eigenvalue weighted by Crippen LogP contribution is -2.11. The number of H-pyrrole nitrogens is 1. The van der Waals surface area contributed by atoms with Gasteiger partial charge in [0.1, 0.15) is 5.78 Å². The van der Waals surface area contributed by atoms with Crippen LogP contribution in [-0.4, -0.2) is 21.7 Å². The first-order valence-corrected chi connectivity index (χ1v) is 7.56. The first-order chi connectivity index (χ1) is 11.5. The molecule has 5 nitrogen and oxygen atoms in total. The molecule has 3 N–H and O–H groups in total. The predicted molar refractivity (Wildman–Crippen MR) is 92.4 cm³/mol. The summed E-state index contributed by atoms with van der Waals surface area (Å²) in [5, 5.41) is 0. The third-order valence-electron chi connectivity index (χ3n) is 3.74. The van der Waals surface area contributed by atoms with Crippen LogP contribution in [0.2, 0.25) is 0 Å². The quantitative estimate of drug-likeness (QED) is 0.757. The van der Waals surface area contributed by atoms with Gasteiger partial charge in [-0.3, -0.25) is 14.6 Å². The van der Waals surface area contributed by atoms with Crippen molar-refractivity contribution in [1.29, 1.82) is 0 Å². The summed E-state index contributed by atoms with van der Waals surface area (Å²) < 4.78 is 0. The molecule has 5 heteroatoms. The van der Waals surface area contributed by atoms with Crippen molar-refractivity contribution in [2.75, 3.05) is 0 Å². The van der Waals surface area contributed by atoms with E-state index in [1.54, 1.807) is 25.4 Å². The van der Waals surface area contributed by atoms with Crippen molar-refractivity contribution in [3.05, 3.63) is 66.0 Å². The van der Waals surface area contributed by atoms with Crippen LogP contribution >= 0.6 is 0 Å². The SMILES string of the molecule is CC(=O)Cc1cccc(-c2[nH]c(-c3ccncc3)cc2C(N)=O)c1. The van der Waals surface area contributed by atoms with Gasteiger partial charge in [0.25, 0.3) is 5.91 Å². The van der Waals surface area contributed by atoms with Crippen LogP contribution in [0.25, 0.3) is 22.5 Å². The van der Waals surface area contributed by atoms with Gasteiger partial charge in [0, 0.05) is 30.1 Å². The fourth-order valence-corrected chi connectivity index (χ4v) is 2.69. The molecule has 0 aliphatic rings. The average molecular weight is 319 g/mol. The topological polar surface area (TPSA) is 88.8 Å². The Morgan fingerprint density at radius 3 is 2.50 bits per heavy atom. The number of amides is 1. The summed E-state index contributed by atoms with van der Waals surface area (Å²) in [6.45, 7) is 1.55. The standard InChI is InChI=1S/C19H17N3O2/c1-12(23)9-13-3-2-4-15(10-13)18-16(19(20)24)11-17(22-18)14-5-7-21-8-6-14/h2-8,10-11,22H,9H2,1H3,(H2,20,24). The van der Waals surface area contributed by atoms with E-state index in [-0.39, 0.29) is 5.78 Å². The van der Waals surface area contributed by atoms with E-state index in [2.05, 4.69) is 9.97 Å². The van der Waals surface area contributed by atoms with Gasteiger partial charge in [-0.1, -0.05) is 18.2 Å². The third kappa shape index (κ3) is 3.25. The summed E-state index contributed by atoms with van der Waals surface area (Å²) in [4.78, 5) is 30.4. The molecule has 3 aromatic rings. The number of primary amides is 1. The molecular formula is C19H17N3O2. The highest BCUT2D eigenvalue weighted by molar-refractivity contribution is 6.00. The van der Waals surface area contributed by atoms with Crippen molar-refractivity contribution in [2.24, 2.45) is 5.73 Å². The summed E-state index contributed by atoms with van der Waals surface area (Å²) in [5.41, 5.74) is 10.0. The van der Waals surface area contributed by atoms with Gasteiger partial charge in [-0.05, 0) is 42.3 Å². The van der Waals surface area contributed by atoms with Crippen molar-refractivity contribution in [3.8, 4) is 22.5 Å². The smallest absolute Gasteiger partial charge is 0.250 e. The minimum Gasteiger partial charge on any atom is -0.366 e. The monoisotopic (exact) mass is 319 g/mol. The van der Waals surface area contributed by atoms with Crippen molar-refractivity contribution >= 4 is 11.7 Å². The number of carbonyl (C=O) groups is 2. The highest BCUT2D eigenvalue weighted by Crippen LogP contribution is 2.29. The second-order valence-electron chi connectivity index (χ2n) is 5.65. The van der Waals surface area contributed by atoms with E-state index in [9.17, 15) is 9.59 Å². The van der Waals surface area contributed by atoms with Crippen LogP contribution in [0.4, 0.5) is 0 Å². The number of carbonyl (C=O) groups excluding carboxylic acids is 2. The number of nitrogens with zero attached hydrogens (tertiary/aromatic N) is 1. The molecule has 0 spiro atoms. The van der Waals surface area contributed by atoms with E-state index in [1.807, 2.05) is 36.4 Å². The van der Waals surface area contributed by atoms with Gasteiger partial charge in [-0.2, -0.15) is 0 Å². The van der Waals surface area contributed by atoms with E-state index in [1.165, 1.54) is 0 Å². The second-order valence-corrected chi connectivity index (χ2v) is 5.65. The van der Waals surface area contributed by atoms with Crippen LogP contribution in [0.3, 0.4) is 0 Å². The van der Waals surface area contributed by atoms with Crippen LogP contribution in [0.5, 0.6) is 0 Å². The van der Waals surface area contributed by atoms with Crippen molar-refractivity contribution in [3.63, 3.8) is 0 Å². The van der Waals surface area contributed by atoms with Gasteiger partial charge in [0.2, 0.25) is 0 Å². The van der Waals surface area contributed by atoms with Gasteiger partial charge in [-0.25, -0.2) is 0 Å². The Morgan fingerprint density at radius 1 is 1.08 bits per heavy atom. The summed E-state index contributed by atoms with van der Waals surface area (Å²) in [7, 11) is 0. The van der Waals surface area contributed by atoms with Crippen LogP contribution < -0.4 is 5.73 Å². The summed E-state index contributed by atoms with van der Waals surface area (Å²) in [6, 6.07) is 13.0. The number of hydrogen-bond acceptors (Lipinski definition) is 3. The first-order valence-electron chi connectivity index (χ1n) is 7.56. The molecule has 0 aliphatic carbocycles. The Hall–Kier alpha value is -3.21. The second kappa shape index (κ2) is 6.50. The molecule has 3 rings (SSSR count). The molecule has 24 heavy (non-hydrogen) atoms. The number of nitrogens with two attached hydrogens (primary N) is 1. The molecule has 0 radical (unpaired) electrons. The lowest BCUT2D eigenvalue weighted by Gasteiger charge is -2.05. The number of Topliss-reactive ketones (excluding diaryl/α,β-unsaturated/α-hetero) is 1. The lowest BCUT2D eigenvalue weighted by molar-refractivity contribution is -0.116. The van der Waals surface area contributed by atoms with Crippen molar-refractivity contribution in [1.82, 2.24) is 9.97 Å². The zero-order chi connectivity index (χ0) is 17.1. The van der Waals surface area contributed by atoms with Crippen LogP contribution in [-0.2, 0) is 11.2 Å². The lowest BCUT2D eigenvalue weighted by atomic mass is 10.0. The minimum atomic E-state index is -0.501. The zero-order valence-corrected chi connectivity index (χ0v) is 13.2. The number of rotatable bonds is 5. The molecule has 0 aliphatic heterocycles. The number of pyridine rings is 1. The number of ketones is 1. The molecule has 0 fully saturated rings. The van der Waals surface area contributed by atoms with Gasteiger partial charge in [0.05, 0.1) is 11.3 Å². The molecule has 2 aromatic heterocycles. The minimum absolute atomic E-state index is 0.0891. The summed E-state index contributed by atoms with van der Waals surface area (Å²) in [6.07, 6.45) is 3.73. The predicted octanol–water partition coefficient (Wildman–Crippen LogP) is 2.97. The Kier molecular flexibility index (Phi) is 4.24. The van der Waals surface area contributed by atoms with E-state index in [0.29, 0.717) is 17.7 Å². The fourth-order valence-electron chi connectivity index (χ4n) is 2.69. The van der Waals surface area contributed by atoms with Gasteiger partial charge >= 0.3 is 0 Å². The molecular weight excluding hydrogens is 302 g/mol. The highest BCUT2D eigenvalue weighted by atomic mass is 16.1. The number of benzene rings is 1. The molecule has 1 amide bonds. The summed E-state index contributed by atoms with van der Waals surface area (Å²) in [5.74, 6) is -0.412. The maximum Gasteiger partial charge on any atom is 0.250 e. The van der Waals surface area contributed by atoms with Crippen LogP contribution in [0.15, 0.2) is 54.9 Å². The Morgan fingerprint density at radius 2 is 1.83 bits per heavy atom. The molecule has 0 saturated heterocycles. The van der Waals surface area contributed by atoms with E-state index in [0.717, 1.165) is 22.4 Å². The number of aromatic nitrogens is 2. The Labute approximate surface area is 139 Å². The van der Waals surface area contributed by atoms with E-state index >= 15 is 0 Å². The first kappa shape index (κ1) is 15.7. The zero-order valence-electron chi connectivity index (χ0n) is 13.2. The van der Waals surface area contributed by atoms with Gasteiger partial charge in [-0.15, -0.1) is 0 Å². The maximum atomic E-state index is 11.8. The van der Waals surface area contributed by atoms with Crippen molar-refractivity contribution < 1.29 is 9.59 Å². The van der Waals surface area contributed by atoms with Gasteiger partial charge in [0.15, 0.2) is 0 Å². The van der Waals surface area contributed by atoms with E-state index in [4.69, 9.17) is 5.73 Å². The third-order valence-corrected chi connectivity index (χ3v) is 3.74. The Balaban J connectivity index is 2.09. The largest absolute Gasteiger partial charge is 0.366 e. The number of nitrogens with one attached hydrogen (secondary N) is 1. The summed E-state index contributed by atoms with van der Waals surface area (Å²) >= 11 is 0. The Bertz CT molecular complexity index is 898.